The topological polar surface area (TPSA) is 84.9 Å². The van der Waals surface area contributed by atoms with E-state index in [2.05, 4.69) is 5.09 Å². The van der Waals surface area contributed by atoms with E-state index in [0.717, 1.165) is 16.7 Å². The van der Waals surface area contributed by atoms with Crippen LogP contribution in [0.3, 0.4) is 0 Å². The monoisotopic (exact) mass is 425 g/mol. The molecule has 2 N–H and O–H groups in total. The van der Waals surface area contributed by atoms with E-state index >= 15 is 0 Å². The van der Waals surface area contributed by atoms with Crippen LogP contribution >= 0.6 is 7.75 Å². The van der Waals surface area contributed by atoms with Crippen LogP contribution in [0.1, 0.15) is 16.7 Å². The molecule has 0 fully saturated rings. The molecule has 3 aromatic rings. The second-order valence-corrected chi connectivity index (χ2v) is 8.49. The Balaban J connectivity index is 1.75. The number of aliphatic carboxylic acids is 1. The molecular formula is C23H24NO5P. The van der Waals surface area contributed by atoms with Crippen molar-refractivity contribution in [2.75, 3.05) is 0 Å². The van der Waals surface area contributed by atoms with Crippen molar-refractivity contribution in [1.82, 2.24) is 5.09 Å². The van der Waals surface area contributed by atoms with Gasteiger partial charge in [-0.2, -0.15) is 0 Å². The van der Waals surface area contributed by atoms with Gasteiger partial charge in [-0.3, -0.25) is 13.8 Å². The third kappa shape index (κ3) is 6.94. The predicted octanol–water partition coefficient (Wildman–Crippen LogP) is 4.81. The summed E-state index contributed by atoms with van der Waals surface area (Å²) < 4.78 is 24.7. The second-order valence-electron chi connectivity index (χ2n) is 6.73. The van der Waals surface area contributed by atoms with Crippen molar-refractivity contribution in [3.05, 3.63) is 108 Å². The number of hydrogen-bond acceptors (Lipinski definition) is 4. The first-order valence-corrected chi connectivity index (χ1v) is 11.1. The number of nitrogens with one attached hydrogen (secondary N) is 1. The standard InChI is InChI=1S/C23H24NO5P/c25-23(26)22(16-19-10-4-1-5-11-19)24-30(27,28-17-20-12-6-2-7-13-20)29-18-21-14-8-3-9-15-21/h1-15,22H,16-18H2,(H,24,27)(H,25,26)/t22-/m0/s1. The molecule has 0 aliphatic heterocycles. The lowest BCUT2D eigenvalue weighted by molar-refractivity contribution is -0.139. The Bertz CT molecular complexity index is 919. The number of rotatable bonds is 11. The Morgan fingerprint density at radius 2 is 1.17 bits per heavy atom. The molecule has 0 unspecified atom stereocenters. The van der Waals surface area contributed by atoms with E-state index in [4.69, 9.17) is 9.05 Å². The van der Waals surface area contributed by atoms with Gasteiger partial charge in [-0.1, -0.05) is 91.0 Å². The van der Waals surface area contributed by atoms with Crippen LogP contribution in [-0.4, -0.2) is 17.1 Å². The Labute approximate surface area is 176 Å². The van der Waals surface area contributed by atoms with Crippen molar-refractivity contribution >= 4 is 13.7 Å². The molecule has 0 aliphatic carbocycles. The predicted molar refractivity (Wildman–Crippen MR) is 115 cm³/mol. The largest absolute Gasteiger partial charge is 0.480 e. The summed E-state index contributed by atoms with van der Waals surface area (Å²) in [6, 6.07) is 26.5. The molecule has 0 saturated heterocycles. The molecule has 7 heteroatoms. The van der Waals surface area contributed by atoms with Gasteiger partial charge in [-0.15, -0.1) is 0 Å². The minimum atomic E-state index is -3.93. The minimum Gasteiger partial charge on any atom is -0.480 e. The van der Waals surface area contributed by atoms with Crippen molar-refractivity contribution in [3.8, 4) is 0 Å². The van der Waals surface area contributed by atoms with E-state index in [0.29, 0.717) is 0 Å². The first-order valence-electron chi connectivity index (χ1n) is 9.55. The lowest BCUT2D eigenvalue weighted by atomic mass is 10.1. The smallest absolute Gasteiger partial charge is 0.406 e. The molecule has 3 rings (SSSR count). The highest BCUT2D eigenvalue weighted by Crippen LogP contribution is 2.46. The molecule has 6 nitrogen and oxygen atoms in total. The third-order valence-corrected chi connectivity index (χ3v) is 5.95. The summed E-state index contributed by atoms with van der Waals surface area (Å²) >= 11 is 0. The van der Waals surface area contributed by atoms with Crippen LogP contribution in [0.2, 0.25) is 0 Å². The van der Waals surface area contributed by atoms with E-state index in [1.807, 2.05) is 91.0 Å². The van der Waals surface area contributed by atoms with Gasteiger partial charge in [0.15, 0.2) is 0 Å². The van der Waals surface area contributed by atoms with Crippen LogP contribution in [0.5, 0.6) is 0 Å². The van der Waals surface area contributed by atoms with Crippen LogP contribution in [-0.2, 0) is 38.0 Å². The molecule has 0 bridgehead atoms. The fraction of sp³-hybridized carbons (Fsp3) is 0.174. The minimum absolute atomic E-state index is 0.0254. The van der Waals surface area contributed by atoms with Crippen molar-refractivity contribution < 1.29 is 23.5 Å². The van der Waals surface area contributed by atoms with Gasteiger partial charge < -0.3 is 5.11 Å². The molecule has 0 aliphatic rings. The van der Waals surface area contributed by atoms with E-state index in [1.165, 1.54) is 0 Å². The molecule has 0 radical (unpaired) electrons. The fourth-order valence-electron chi connectivity index (χ4n) is 2.81. The molecule has 3 aromatic carbocycles. The average molecular weight is 425 g/mol. The average Bonchev–Trinajstić information content (AvgIpc) is 2.78. The van der Waals surface area contributed by atoms with E-state index in [-0.39, 0.29) is 19.6 Å². The maximum Gasteiger partial charge on any atom is 0.406 e. The molecule has 0 spiro atoms. The van der Waals surface area contributed by atoms with Crippen LogP contribution in [0.25, 0.3) is 0 Å². The summed E-state index contributed by atoms with van der Waals surface area (Å²) in [5.74, 6) is -1.13. The molecule has 0 amide bonds. The summed E-state index contributed by atoms with van der Waals surface area (Å²) in [6.45, 7) is 0.0508. The van der Waals surface area contributed by atoms with Crippen LogP contribution in [0.4, 0.5) is 0 Å². The zero-order valence-corrected chi connectivity index (χ0v) is 17.3. The molecule has 0 heterocycles. The highest BCUT2D eigenvalue weighted by atomic mass is 31.2. The summed E-state index contributed by atoms with van der Waals surface area (Å²) in [5.41, 5.74) is 2.41. The highest BCUT2D eigenvalue weighted by molar-refractivity contribution is 7.51. The van der Waals surface area contributed by atoms with Gasteiger partial charge in [0.25, 0.3) is 0 Å². The van der Waals surface area contributed by atoms with Gasteiger partial charge >= 0.3 is 13.7 Å². The van der Waals surface area contributed by atoms with Gasteiger partial charge in [-0.05, 0) is 23.1 Å². The van der Waals surface area contributed by atoms with Gasteiger partial charge in [0, 0.05) is 0 Å². The Morgan fingerprint density at radius 3 is 1.57 bits per heavy atom. The van der Waals surface area contributed by atoms with Crippen molar-refractivity contribution in [2.45, 2.75) is 25.7 Å². The first-order chi connectivity index (χ1) is 14.5. The summed E-state index contributed by atoms with van der Waals surface area (Å²) in [6.07, 6.45) is 0.142. The van der Waals surface area contributed by atoms with E-state index in [1.54, 1.807) is 0 Å². The first kappa shape index (κ1) is 21.9. The van der Waals surface area contributed by atoms with Crippen LogP contribution in [0, 0.1) is 0 Å². The van der Waals surface area contributed by atoms with Crippen LogP contribution < -0.4 is 5.09 Å². The number of hydrogen-bond donors (Lipinski definition) is 2. The molecule has 0 aromatic heterocycles. The maximum atomic E-state index is 13.4. The normalized spacial score (nSPS) is 12.4. The second kappa shape index (κ2) is 10.9. The third-order valence-electron chi connectivity index (χ3n) is 4.38. The maximum absolute atomic E-state index is 13.4. The lowest BCUT2D eigenvalue weighted by Gasteiger charge is -2.23. The Morgan fingerprint density at radius 1 is 0.767 bits per heavy atom. The van der Waals surface area contributed by atoms with E-state index < -0.39 is 19.8 Å². The highest BCUT2D eigenvalue weighted by Gasteiger charge is 2.32. The molecule has 1 atom stereocenters. The summed E-state index contributed by atoms with van der Waals surface area (Å²) in [7, 11) is -3.93. The SMILES string of the molecule is O=C(O)[C@H](Cc1ccccc1)NP(=O)(OCc1ccccc1)OCc1ccccc1. The zero-order valence-electron chi connectivity index (χ0n) is 16.4. The van der Waals surface area contributed by atoms with E-state index in [9.17, 15) is 14.5 Å². The van der Waals surface area contributed by atoms with Gasteiger partial charge in [-0.25, -0.2) is 9.65 Å². The van der Waals surface area contributed by atoms with Gasteiger partial charge in [0.05, 0.1) is 13.2 Å². The Hall–Kier alpha value is -2.76. The molecular weight excluding hydrogens is 401 g/mol. The lowest BCUT2D eigenvalue weighted by Crippen LogP contribution is -2.37. The zero-order chi connectivity index (χ0) is 21.2. The number of carbonyl (C=O) groups is 1. The number of carboxylic acids is 1. The van der Waals surface area contributed by atoms with Crippen LogP contribution in [0.15, 0.2) is 91.0 Å². The Kier molecular flexibility index (Phi) is 7.94. The van der Waals surface area contributed by atoms with Gasteiger partial charge in [0.2, 0.25) is 0 Å². The van der Waals surface area contributed by atoms with Gasteiger partial charge in [0.1, 0.15) is 6.04 Å². The van der Waals surface area contributed by atoms with Crippen molar-refractivity contribution in [3.63, 3.8) is 0 Å². The molecule has 156 valence electrons. The number of benzene rings is 3. The van der Waals surface area contributed by atoms with Crippen molar-refractivity contribution in [1.29, 1.82) is 0 Å². The quantitative estimate of drug-likeness (QED) is 0.429. The number of carboxylic acid groups (broad SMARTS) is 1. The molecule has 30 heavy (non-hydrogen) atoms. The fourth-order valence-corrected chi connectivity index (χ4v) is 4.25. The van der Waals surface area contributed by atoms with Crippen molar-refractivity contribution in [2.24, 2.45) is 0 Å². The summed E-state index contributed by atoms with van der Waals surface area (Å²) in [4.78, 5) is 11.8. The molecule has 0 saturated carbocycles. The summed E-state index contributed by atoms with van der Waals surface area (Å²) in [5, 5.41) is 12.3.